The maximum absolute atomic E-state index is 11.6. The van der Waals surface area contributed by atoms with Crippen molar-refractivity contribution < 1.29 is 9.59 Å². The lowest BCUT2D eigenvalue weighted by Crippen LogP contribution is -2.19. The van der Waals surface area contributed by atoms with E-state index in [4.69, 9.17) is 0 Å². The van der Waals surface area contributed by atoms with Crippen LogP contribution in [0.5, 0.6) is 0 Å². The average Bonchev–Trinajstić information content (AvgIpc) is 2.87. The van der Waals surface area contributed by atoms with Gasteiger partial charge in [0.15, 0.2) is 6.29 Å². The van der Waals surface area contributed by atoms with Gasteiger partial charge in [-0.1, -0.05) is 11.3 Å². The summed E-state index contributed by atoms with van der Waals surface area (Å²) in [6.45, 7) is 1.89. The Bertz CT molecular complexity index is 546. The van der Waals surface area contributed by atoms with Crippen molar-refractivity contribution in [1.82, 2.24) is 14.8 Å². The Labute approximate surface area is 101 Å². The van der Waals surface area contributed by atoms with Gasteiger partial charge >= 0.3 is 0 Å². The van der Waals surface area contributed by atoms with Gasteiger partial charge in [0.05, 0.1) is 5.69 Å². The van der Waals surface area contributed by atoms with Gasteiger partial charge in [-0.25, -0.2) is 0 Å². The van der Waals surface area contributed by atoms with Crippen LogP contribution in [0.3, 0.4) is 0 Å². The number of aromatic nitrogens is 3. The molecule has 0 bridgehead atoms. The van der Waals surface area contributed by atoms with Gasteiger partial charge in [-0.15, -0.1) is 10.2 Å². The van der Waals surface area contributed by atoms with Crippen LogP contribution in [-0.2, 0) is 11.3 Å². The van der Waals surface area contributed by atoms with E-state index in [0.29, 0.717) is 17.1 Å². The number of amides is 1. The summed E-state index contributed by atoms with van der Waals surface area (Å²) in [5.74, 6) is -0.236. The van der Waals surface area contributed by atoms with E-state index >= 15 is 0 Å². The molecule has 0 aliphatic carbocycles. The molecule has 2 aromatic rings. The van der Waals surface area contributed by atoms with Gasteiger partial charge in [0.25, 0.3) is 0 Å². The van der Waals surface area contributed by atoms with Gasteiger partial charge in [0.2, 0.25) is 11.0 Å². The lowest BCUT2D eigenvalue weighted by molar-refractivity contribution is -0.116. The zero-order valence-corrected chi connectivity index (χ0v) is 9.90. The fourth-order valence-corrected chi connectivity index (χ4v) is 1.95. The summed E-state index contributed by atoms with van der Waals surface area (Å²) in [5, 5.41) is 11.5. The van der Waals surface area contributed by atoms with Crippen LogP contribution in [0.25, 0.3) is 0 Å². The molecule has 2 aromatic heterocycles. The zero-order chi connectivity index (χ0) is 12.3. The summed E-state index contributed by atoms with van der Waals surface area (Å²) in [7, 11) is 0. The number of anilines is 1. The predicted molar refractivity (Wildman–Crippen MR) is 63.1 cm³/mol. The Morgan fingerprint density at radius 3 is 3.06 bits per heavy atom. The van der Waals surface area contributed by atoms with Crippen LogP contribution in [0.4, 0.5) is 5.13 Å². The second kappa shape index (κ2) is 4.88. The molecule has 7 heteroatoms. The first-order valence-corrected chi connectivity index (χ1v) is 5.71. The normalized spacial score (nSPS) is 10.2. The van der Waals surface area contributed by atoms with Crippen molar-refractivity contribution in [3.63, 3.8) is 0 Å². The number of aldehydes is 1. The van der Waals surface area contributed by atoms with Gasteiger partial charge in [0, 0.05) is 6.20 Å². The molecule has 0 aromatic carbocycles. The quantitative estimate of drug-likeness (QED) is 0.824. The number of nitrogens with one attached hydrogen (secondary N) is 1. The minimum Gasteiger partial charge on any atom is -0.336 e. The number of carbonyl (C=O) groups is 2. The Kier molecular flexibility index (Phi) is 3.29. The lowest BCUT2D eigenvalue weighted by Gasteiger charge is -2.04. The van der Waals surface area contributed by atoms with E-state index in [2.05, 4.69) is 15.5 Å². The molecule has 17 heavy (non-hydrogen) atoms. The third-order valence-corrected chi connectivity index (χ3v) is 2.83. The summed E-state index contributed by atoms with van der Waals surface area (Å²) < 4.78 is 1.57. The second-order valence-electron chi connectivity index (χ2n) is 3.35. The van der Waals surface area contributed by atoms with E-state index in [-0.39, 0.29) is 12.5 Å². The van der Waals surface area contributed by atoms with Crippen molar-refractivity contribution in [2.45, 2.75) is 13.5 Å². The van der Waals surface area contributed by atoms with Gasteiger partial charge < -0.3 is 4.57 Å². The van der Waals surface area contributed by atoms with E-state index < -0.39 is 0 Å². The highest BCUT2D eigenvalue weighted by molar-refractivity contribution is 7.15. The maximum Gasteiger partial charge on any atom is 0.246 e. The number of rotatable bonds is 4. The summed E-state index contributed by atoms with van der Waals surface area (Å²) in [6, 6.07) is 3.36. The molecule has 2 heterocycles. The molecular formula is C10H10N4O2S. The average molecular weight is 250 g/mol. The molecule has 0 aliphatic rings. The van der Waals surface area contributed by atoms with Crippen LogP contribution in [0, 0.1) is 6.92 Å². The number of nitrogens with zero attached hydrogens (tertiary/aromatic N) is 3. The Morgan fingerprint density at radius 1 is 1.59 bits per heavy atom. The van der Waals surface area contributed by atoms with Crippen LogP contribution in [-0.4, -0.2) is 27.0 Å². The minimum atomic E-state index is -0.236. The van der Waals surface area contributed by atoms with Crippen molar-refractivity contribution in [3.05, 3.63) is 29.0 Å². The number of hydrogen-bond acceptors (Lipinski definition) is 5. The van der Waals surface area contributed by atoms with Gasteiger partial charge in [-0.2, -0.15) is 0 Å². The van der Waals surface area contributed by atoms with Crippen molar-refractivity contribution in [1.29, 1.82) is 0 Å². The molecule has 0 aliphatic heterocycles. The highest BCUT2D eigenvalue weighted by atomic mass is 32.1. The lowest BCUT2D eigenvalue weighted by atomic mass is 10.4. The van der Waals surface area contributed by atoms with Crippen LogP contribution >= 0.6 is 11.3 Å². The van der Waals surface area contributed by atoms with Gasteiger partial charge in [-0.3, -0.25) is 14.9 Å². The molecule has 2 rings (SSSR count). The molecule has 1 N–H and O–H groups in total. The van der Waals surface area contributed by atoms with Gasteiger partial charge in [-0.05, 0) is 19.1 Å². The van der Waals surface area contributed by atoms with Crippen molar-refractivity contribution in [2.24, 2.45) is 0 Å². The van der Waals surface area contributed by atoms with E-state index in [1.807, 2.05) is 6.92 Å². The van der Waals surface area contributed by atoms with Crippen molar-refractivity contribution >= 4 is 28.7 Å². The third kappa shape index (κ3) is 2.76. The molecule has 88 valence electrons. The fourth-order valence-electron chi connectivity index (χ4n) is 1.34. The standard InChI is InChI=1S/C10H10N4O2S/c1-7-12-13-10(17-7)11-9(16)5-14-4-2-3-8(14)6-15/h2-4,6H,5H2,1H3,(H,11,13,16). The summed E-state index contributed by atoms with van der Waals surface area (Å²) in [4.78, 5) is 22.3. The van der Waals surface area contributed by atoms with E-state index in [1.165, 1.54) is 11.3 Å². The molecule has 0 saturated carbocycles. The first-order valence-electron chi connectivity index (χ1n) is 4.89. The van der Waals surface area contributed by atoms with Crippen LogP contribution in [0.2, 0.25) is 0 Å². The summed E-state index contributed by atoms with van der Waals surface area (Å²) in [6.07, 6.45) is 2.39. The smallest absolute Gasteiger partial charge is 0.246 e. The Morgan fingerprint density at radius 2 is 2.41 bits per heavy atom. The van der Waals surface area contributed by atoms with Crippen molar-refractivity contribution in [2.75, 3.05) is 5.32 Å². The maximum atomic E-state index is 11.6. The fraction of sp³-hybridized carbons (Fsp3) is 0.200. The summed E-state index contributed by atoms with van der Waals surface area (Å²) >= 11 is 1.31. The topological polar surface area (TPSA) is 76.9 Å². The second-order valence-corrected chi connectivity index (χ2v) is 4.53. The third-order valence-electron chi connectivity index (χ3n) is 2.07. The van der Waals surface area contributed by atoms with Crippen molar-refractivity contribution in [3.8, 4) is 0 Å². The largest absolute Gasteiger partial charge is 0.336 e. The van der Waals surface area contributed by atoms with Crippen LogP contribution < -0.4 is 5.32 Å². The van der Waals surface area contributed by atoms with E-state index in [9.17, 15) is 9.59 Å². The highest BCUT2D eigenvalue weighted by Crippen LogP contribution is 2.13. The molecule has 0 unspecified atom stereocenters. The van der Waals surface area contributed by atoms with Crippen LogP contribution in [0.15, 0.2) is 18.3 Å². The molecule has 0 atom stereocenters. The predicted octanol–water partition coefficient (Wildman–Crippen LogP) is 1.10. The molecule has 6 nitrogen and oxygen atoms in total. The number of carbonyl (C=O) groups excluding carboxylic acids is 2. The number of hydrogen-bond donors (Lipinski definition) is 1. The molecule has 0 fully saturated rings. The minimum absolute atomic E-state index is 0.0830. The molecule has 0 saturated heterocycles. The molecular weight excluding hydrogens is 240 g/mol. The number of aryl methyl sites for hydroxylation is 1. The van der Waals surface area contributed by atoms with E-state index in [1.54, 1.807) is 22.9 Å². The molecule has 1 amide bonds. The summed E-state index contributed by atoms with van der Waals surface area (Å²) in [5.41, 5.74) is 0.466. The Hall–Kier alpha value is -2.02. The highest BCUT2D eigenvalue weighted by Gasteiger charge is 2.08. The molecule has 0 spiro atoms. The van der Waals surface area contributed by atoms with Gasteiger partial charge in [0.1, 0.15) is 11.6 Å². The zero-order valence-electron chi connectivity index (χ0n) is 9.08. The molecule has 0 radical (unpaired) electrons. The van der Waals surface area contributed by atoms with Crippen LogP contribution in [0.1, 0.15) is 15.5 Å². The van der Waals surface area contributed by atoms with E-state index in [0.717, 1.165) is 5.01 Å². The monoisotopic (exact) mass is 250 g/mol. The SMILES string of the molecule is Cc1nnc(NC(=O)Cn2cccc2C=O)s1. The first kappa shape index (κ1) is 11.5. The first-order chi connectivity index (χ1) is 8.19. The Balaban J connectivity index is 2.00.